The summed E-state index contributed by atoms with van der Waals surface area (Å²) in [4.78, 5) is -0.361. The Morgan fingerprint density at radius 1 is 1.28 bits per heavy atom. The van der Waals surface area contributed by atoms with Gasteiger partial charge in [0.15, 0.2) is 0 Å². The van der Waals surface area contributed by atoms with Gasteiger partial charge in [0.1, 0.15) is 11.6 Å². The Hall–Kier alpha value is -1.05. The van der Waals surface area contributed by atoms with E-state index in [0.717, 1.165) is 12.1 Å². The van der Waals surface area contributed by atoms with Gasteiger partial charge in [0, 0.05) is 25.2 Å². The summed E-state index contributed by atoms with van der Waals surface area (Å²) >= 11 is 0. The lowest BCUT2D eigenvalue weighted by atomic mass is 10.2. The molecule has 1 saturated heterocycles. The van der Waals surface area contributed by atoms with Crippen LogP contribution in [0.15, 0.2) is 23.1 Å². The highest BCUT2D eigenvalue weighted by atomic mass is 32.2. The van der Waals surface area contributed by atoms with Gasteiger partial charge < -0.3 is 5.73 Å². The largest absolute Gasteiger partial charge is 0.329 e. The third kappa shape index (κ3) is 2.38. The number of nitrogens with two attached hydrogens (primary N) is 1. The van der Waals surface area contributed by atoms with Gasteiger partial charge in [0.05, 0.1) is 4.90 Å². The van der Waals surface area contributed by atoms with Gasteiger partial charge in [-0.15, -0.1) is 0 Å². The third-order valence-electron chi connectivity index (χ3n) is 3.04. The quantitative estimate of drug-likeness (QED) is 0.898. The highest BCUT2D eigenvalue weighted by Gasteiger charge is 2.34. The maximum absolute atomic E-state index is 13.1. The Kier molecular flexibility index (Phi) is 3.65. The zero-order valence-corrected chi connectivity index (χ0v) is 10.5. The van der Waals surface area contributed by atoms with Crippen molar-refractivity contribution in [3.05, 3.63) is 29.8 Å². The molecule has 1 aliphatic rings. The molecule has 2 rings (SSSR count). The minimum atomic E-state index is -3.87. The molecule has 0 spiro atoms. The molecule has 1 aromatic carbocycles. The molecule has 0 radical (unpaired) electrons. The molecule has 0 aromatic heterocycles. The fourth-order valence-corrected chi connectivity index (χ4v) is 3.92. The number of halogens is 2. The minimum absolute atomic E-state index is 0.205. The first-order valence-electron chi connectivity index (χ1n) is 5.63. The summed E-state index contributed by atoms with van der Waals surface area (Å²) in [5.74, 6) is -1.81. The van der Waals surface area contributed by atoms with E-state index >= 15 is 0 Å². The van der Waals surface area contributed by atoms with E-state index < -0.39 is 21.7 Å². The van der Waals surface area contributed by atoms with Gasteiger partial charge in [-0.05, 0) is 25.0 Å². The van der Waals surface area contributed by atoms with E-state index in [4.69, 9.17) is 5.73 Å². The molecule has 1 aliphatic heterocycles. The summed E-state index contributed by atoms with van der Waals surface area (Å²) in [6.45, 7) is 0.541. The molecule has 18 heavy (non-hydrogen) atoms. The zero-order valence-electron chi connectivity index (χ0n) is 9.64. The van der Waals surface area contributed by atoms with Gasteiger partial charge in [-0.1, -0.05) is 0 Å². The fraction of sp³-hybridized carbons (Fsp3) is 0.455. The van der Waals surface area contributed by atoms with Gasteiger partial charge in [-0.2, -0.15) is 4.31 Å². The number of hydrogen-bond acceptors (Lipinski definition) is 3. The van der Waals surface area contributed by atoms with Crippen molar-refractivity contribution < 1.29 is 17.2 Å². The molecule has 1 heterocycles. The van der Waals surface area contributed by atoms with Crippen LogP contribution in [0.3, 0.4) is 0 Å². The first kappa shape index (κ1) is 13.4. The molecular formula is C11H14F2N2O2S. The van der Waals surface area contributed by atoms with Crippen LogP contribution < -0.4 is 5.73 Å². The molecule has 4 nitrogen and oxygen atoms in total. The highest BCUT2D eigenvalue weighted by Crippen LogP contribution is 2.26. The molecule has 0 aliphatic carbocycles. The minimum Gasteiger partial charge on any atom is -0.329 e. The Balaban J connectivity index is 2.41. The molecule has 100 valence electrons. The Morgan fingerprint density at radius 2 is 1.89 bits per heavy atom. The first-order valence-corrected chi connectivity index (χ1v) is 7.07. The van der Waals surface area contributed by atoms with Crippen molar-refractivity contribution in [1.82, 2.24) is 4.31 Å². The predicted molar refractivity (Wildman–Crippen MR) is 62.3 cm³/mol. The summed E-state index contributed by atoms with van der Waals surface area (Å²) in [5.41, 5.74) is 5.50. The summed E-state index contributed by atoms with van der Waals surface area (Å²) in [7, 11) is -3.87. The molecule has 0 bridgehead atoms. The van der Waals surface area contributed by atoms with E-state index in [9.17, 15) is 17.2 Å². The lowest BCUT2D eigenvalue weighted by Crippen LogP contribution is -2.39. The topological polar surface area (TPSA) is 63.4 Å². The van der Waals surface area contributed by atoms with E-state index in [1.807, 2.05) is 0 Å². The monoisotopic (exact) mass is 276 g/mol. The Labute approximate surface area is 104 Å². The average Bonchev–Trinajstić information content (AvgIpc) is 2.76. The van der Waals surface area contributed by atoms with E-state index in [2.05, 4.69) is 0 Å². The van der Waals surface area contributed by atoms with Crippen LogP contribution in [0.25, 0.3) is 0 Å². The van der Waals surface area contributed by atoms with Gasteiger partial charge in [-0.25, -0.2) is 17.2 Å². The third-order valence-corrected chi connectivity index (χ3v) is 4.97. The summed E-state index contributed by atoms with van der Waals surface area (Å²) in [6, 6.07) is 2.00. The molecule has 7 heteroatoms. The molecule has 0 amide bonds. The van der Waals surface area contributed by atoms with Gasteiger partial charge in [-0.3, -0.25) is 0 Å². The van der Waals surface area contributed by atoms with Crippen LogP contribution in [0.4, 0.5) is 8.78 Å². The standard InChI is InChI=1S/C11H14F2N2O2S/c12-8-4-9(13)6-11(5-8)18(16,17)15-3-1-2-10(15)7-14/h4-6,10H,1-3,7,14H2/t10-/m0/s1. The molecule has 1 atom stereocenters. The van der Waals surface area contributed by atoms with Crippen molar-refractivity contribution in [1.29, 1.82) is 0 Å². The average molecular weight is 276 g/mol. The predicted octanol–water partition coefficient (Wildman–Crippen LogP) is 1.08. The van der Waals surface area contributed by atoms with E-state index in [1.165, 1.54) is 4.31 Å². The highest BCUT2D eigenvalue weighted by molar-refractivity contribution is 7.89. The Bertz CT molecular complexity index is 528. The van der Waals surface area contributed by atoms with Crippen molar-refractivity contribution in [2.24, 2.45) is 5.73 Å². The van der Waals surface area contributed by atoms with Crippen molar-refractivity contribution in [3.63, 3.8) is 0 Å². The van der Waals surface area contributed by atoms with Crippen LogP contribution in [0.1, 0.15) is 12.8 Å². The number of sulfonamides is 1. The van der Waals surface area contributed by atoms with E-state index in [0.29, 0.717) is 25.5 Å². The molecule has 1 aromatic rings. The smallest absolute Gasteiger partial charge is 0.243 e. The maximum Gasteiger partial charge on any atom is 0.243 e. The lowest BCUT2D eigenvalue weighted by Gasteiger charge is -2.22. The van der Waals surface area contributed by atoms with Gasteiger partial charge >= 0.3 is 0 Å². The SMILES string of the molecule is NC[C@@H]1CCCN1S(=O)(=O)c1cc(F)cc(F)c1. The van der Waals surface area contributed by atoms with E-state index in [1.54, 1.807) is 0 Å². The van der Waals surface area contributed by atoms with Crippen molar-refractivity contribution in [3.8, 4) is 0 Å². The molecule has 0 saturated carbocycles. The van der Waals surface area contributed by atoms with Gasteiger partial charge in [0.25, 0.3) is 0 Å². The van der Waals surface area contributed by atoms with E-state index in [-0.39, 0.29) is 17.5 Å². The molecule has 0 unspecified atom stereocenters. The van der Waals surface area contributed by atoms with Crippen molar-refractivity contribution in [2.75, 3.05) is 13.1 Å². The van der Waals surface area contributed by atoms with Crippen LogP contribution in [0.2, 0.25) is 0 Å². The van der Waals surface area contributed by atoms with Crippen LogP contribution in [0.5, 0.6) is 0 Å². The number of rotatable bonds is 3. The fourth-order valence-electron chi connectivity index (χ4n) is 2.17. The summed E-state index contributed by atoms with van der Waals surface area (Å²) in [5, 5.41) is 0. The summed E-state index contributed by atoms with van der Waals surface area (Å²) < 4.78 is 51.9. The lowest BCUT2D eigenvalue weighted by molar-refractivity contribution is 0.392. The second-order valence-electron chi connectivity index (χ2n) is 4.25. The van der Waals surface area contributed by atoms with Crippen molar-refractivity contribution >= 4 is 10.0 Å². The number of hydrogen-bond donors (Lipinski definition) is 1. The second kappa shape index (κ2) is 4.91. The molecule has 2 N–H and O–H groups in total. The van der Waals surface area contributed by atoms with Crippen LogP contribution >= 0.6 is 0 Å². The van der Waals surface area contributed by atoms with Crippen LogP contribution in [-0.2, 0) is 10.0 Å². The van der Waals surface area contributed by atoms with Crippen LogP contribution in [0, 0.1) is 11.6 Å². The Morgan fingerprint density at radius 3 is 2.44 bits per heavy atom. The van der Waals surface area contributed by atoms with Crippen molar-refractivity contribution in [2.45, 2.75) is 23.8 Å². The second-order valence-corrected chi connectivity index (χ2v) is 6.14. The van der Waals surface area contributed by atoms with Gasteiger partial charge in [0.2, 0.25) is 10.0 Å². The normalized spacial score (nSPS) is 21.4. The molecule has 1 fully saturated rings. The summed E-state index contributed by atoms with van der Waals surface area (Å²) in [6.07, 6.45) is 1.38. The zero-order chi connectivity index (χ0) is 13.3. The maximum atomic E-state index is 13.1. The number of nitrogens with zero attached hydrogens (tertiary/aromatic N) is 1. The number of benzene rings is 1. The van der Waals surface area contributed by atoms with Crippen LogP contribution in [-0.4, -0.2) is 31.9 Å². The molecular weight excluding hydrogens is 262 g/mol. The first-order chi connectivity index (χ1) is 8.45.